The van der Waals surface area contributed by atoms with Crippen molar-refractivity contribution in [3.8, 4) is 10.4 Å². The molecule has 0 saturated carbocycles. The Hall–Kier alpha value is -2.82. The molecule has 1 aliphatic rings. The predicted octanol–water partition coefficient (Wildman–Crippen LogP) is 1.57. The molecule has 1 fully saturated rings. The molecule has 1 aromatic heterocycles. The van der Waals surface area contributed by atoms with Gasteiger partial charge >= 0.3 is 0 Å². The van der Waals surface area contributed by atoms with Crippen molar-refractivity contribution in [3.63, 3.8) is 0 Å². The van der Waals surface area contributed by atoms with Crippen LogP contribution in [0.5, 0.6) is 0 Å². The van der Waals surface area contributed by atoms with Crippen LogP contribution in [0.4, 0.5) is 0 Å². The first kappa shape index (κ1) is 26.8. The van der Waals surface area contributed by atoms with Gasteiger partial charge in [-0.2, -0.15) is 0 Å². The minimum absolute atomic E-state index is 0.0282. The van der Waals surface area contributed by atoms with E-state index in [2.05, 4.69) is 15.6 Å². The maximum Gasteiger partial charge on any atom is 0.246 e. The van der Waals surface area contributed by atoms with Crippen molar-refractivity contribution in [2.24, 2.45) is 11.1 Å². The van der Waals surface area contributed by atoms with Crippen molar-refractivity contribution in [2.75, 3.05) is 6.54 Å². The summed E-state index contributed by atoms with van der Waals surface area (Å²) in [6.07, 6.45) is -0.680. The number of nitrogens with zero attached hydrogens (tertiary/aromatic N) is 2. The number of aryl methyl sites for hydroxylation is 1. The highest BCUT2D eigenvalue weighted by Crippen LogP contribution is 2.28. The van der Waals surface area contributed by atoms with Gasteiger partial charge in [-0.25, -0.2) is 4.98 Å². The van der Waals surface area contributed by atoms with Crippen LogP contribution in [0, 0.1) is 12.3 Å². The van der Waals surface area contributed by atoms with Crippen LogP contribution in [0.3, 0.4) is 0 Å². The molecular weight excluding hydrogens is 466 g/mol. The standard InChI is InChI=1S/C25H35N5O4S/c1-14(26)22(32)29-21(25(3,4)5)24(34)30-12-18(31)10-19(30)23(33)27-11-16-6-8-17(9-7-16)20-15(2)28-13-35-20/h6-9,13-14,18-19,21,31H,10-12,26H2,1-5H3,(H,27,33)(H,29,32). The molecule has 5 N–H and O–H groups in total. The lowest BCUT2D eigenvalue weighted by Gasteiger charge is -2.35. The number of carbonyl (C=O) groups is 3. The lowest BCUT2D eigenvalue weighted by atomic mass is 9.85. The highest BCUT2D eigenvalue weighted by molar-refractivity contribution is 7.13. The zero-order chi connectivity index (χ0) is 25.9. The Morgan fingerprint density at radius 3 is 2.46 bits per heavy atom. The lowest BCUT2D eigenvalue weighted by Crippen LogP contribution is -2.59. The molecule has 0 aliphatic carbocycles. The number of hydrogen-bond acceptors (Lipinski definition) is 7. The summed E-state index contributed by atoms with van der Waals surface area (Å²) in [5, 5.41) is 15.9. The molecule has 2 heterocycles. The van der Waals surface area contributed by atoms with Gasteiger partial charge in [-0.15, -0.1) is 11.3 Å². The van der Waals surface area contributed by atoms with E-state index in [1.807, 2.05) is 57.5 Å². The molecule has 3 amide bonds. The van der Waals surface area contributed by atoms with E-state index in [1.165, 1.54) is 4.90 Å². The van der Waals surface area contributed by atoms with Crippen molar-refractivity contribution in [1.82, 2.24) is 20.5 Å². The molecule has 9 nitrogen and oxygen atoms in total. The van der Waals surface area contributed by atoms with Crippen molar-refractivity contribution >= 4 is 29.1 Å². The molecule has 1 saturated heterocycles. The molecule has 190 valence electrons. The molecule has 0 bridgehead atoms. The van der Waals surface area contributed by atoms with E-state index in [1.54, 1.807) is 18.3 Å². The van der Waals surface area contributed by atoms with Gasteiger partial charge in [0.15, 0.2) is 0 Å². The number of thiazole rings is 1. The van der Waals surface area contributed by atoms with Crippen LogP contribution in [0.15, 0.2) is 29.8 Å². The van der Waals surface area contributed by atoms with Gasteiger partial charge in [0.05, 0.1) is 28.2 Å². The second-order valence-corrected chi connectivity index (χ2v) is 11.0. The fourth-order valence-corrected chi connectivity index (χ4v) is 4.87. The first-order chi connectivity index (χ1) is 16.4. The number of rotatable bonds is 7. The van der Waals surface area contributed by atoms with E-state index in [4.69, 9.17) is 5.73 Å². The second kappa shape index (κ2) is 10.8. The fraction of sp³-hybridized carbons (Fsp3) is 0.520. The topological polar surface area (TPSA) is 138 Å². The lowest BCUT2D eigenvalue weighted by molar-refractivity contribution is -0.144. The number of amides is 3. The van der Waals surface area contributed by atoms with Gasteiger partial charge < -0.3 is 26.4 Å². The first-order valence-electron chi connectivity index (χ1n) is 11.7. The Morgan fingerprint density at radius 1 is 1.26 bits per heavy atom. The monoisotopic (exact) mass is 501 g/mol. The number of benzene rings is 1. The van der Waals surface area contributed by atoms with Crippen LogP contribution in [0.2, 0.25) is 0 Å². The van der Waals surface area contributed by atoms with Gasteiger partial charge in [-0.05, 0) is 30.4 Å². The second-order valence-electron chi connectivity index (χ2n) is 10.2. The molecule has 0 radical (unpaired) electrons. The number of aromatic nitrogens is 1. The van der Waals surface area contributed by atoms with Crippen LogP contribution in [-0.2, 0) is 20.9 Å². The van der Waals surface area contributed by atoms with Gasteiger partial charge in [0.2, 0.25) is 17.7 Å². The van der Waals surface area contributed by atoms with Gasteiger partial charge in [-0.3, -0.25) is 14.4 Å². The maximum atomic E-state index is 13.4. The number of β-amino-alcohol motifs (C(OH)–C–C–N with tert-alkyl or cyclic N) is 1. The fourth-order valence-electron chi connectivity index (χ4n) is 4.05. The Balaban J connectivity index is 1.68. The number of likely N-dealkylation sites (tertiary alicyclic amines) is 1. The van der Waals surface area contributed by atoms with E-state index in [-0.39, 0.29) is 18.9 Å². The third kappa shape index (κ3) is 6.45. The third-order valence-electron chi connectivity index (χ3n) is 6.11. The molecule has 1 aliphatic heterocycles. The Morgan fingerprint density at radius 2 is 1.91 bits per heavy atom. The van der Waals surface area contributed by atoms with Gasteiger partial charge in [0.25, 0.3) is 0 Å². The zero-order valence-electron chi connectivity index (χ0n) is 20.9. The van der Waals surface area contributed by atoms with E-state index in [0.29, 0.717) is 6.54 Å². The van der Waals surface area contributed by atoms with Crippen molar-refractivity contribution in [3.05, 3.63) is 41.0 Å². The Labute approximate surface area is 210 Å². The Bertz CT molecular complexity index is 1060. The molecule has 4 atom stereocenters. The summed E-state index contributed by atoms with van der Waals surface area (Å²) in [6, 6.07) is 5.39. The molecule has 0 spiro atoms. The van der Waals surface area contributed by atoms with Crippen molar-refractivity contribution in [1.29, 1.82) is 0 Å². The van der Waals surface area contributed by atoms with Crippen LogP contribution < -0.4 is 16.4 Å². The summed E-state index contributed by atoms with van der Waals surface area (Å²) in [6.45, 7) is 9.32. The number of aliphatic hydroxyl groups excluding tert-OH is 1. The average molecular weight is 502 g/mol. The number of carbonyl (C=O) groups excluding carboxylic acids is 3. The molecule has 1 aromatic carbocycles. The van der Waals surface area contributed by atoms with Crippen LogP contribution >= 0.6 is 11.3 Å². The minimum Gasteiger partial charge on any atom is -0.391 e. The average Bonchev–Trinajstić information content (AvgIpc) is 3.40. The smallest absolute Gasteiger partial charge is 0.246 e. The van der Waals surface area contributed by atoms with Gasteiger partial charge in [0, 0.05) is 19.5 Å². The summed E-state index contributed by atoms with van der Waals surface area (Å²) in [5.74, 6) is -1.20. The highest BCUT2D eigenvalue weighted by atomic mass is 32.1. The summed E-state index contributed by atoms with van der Waals surface area (Å²) in [7, 11) is 0. The molecule has 35 heavy (non-hydrogen) atoms. The van der Waals surface area contributed by atoms with Crippen LogP contribution in [0.1, 0.15) is 45.4 Å². The molecule has 2 aromatic rings. The van der Waals surface area contributed by atoms with Gasteiger partial charge in [-0.1, -0.05) is 45.0 Å². The zero-order valence-corrected chi connectivity index (χ0v) is 21.7. The normalized spacial score (nSPS) is 19.8. The first-order valence-corrected chi connectivity index (χ1v) is 12.6. The number of nitrogens with two attached hydrogens (primary N) is 1. The predicted molar refractivity (Wildman–Crippen MR) is 135 cm³/mol. The SMILES string of the molecule is Cc1ncsc1-c1ccc(CNC(=O)C2CC(O)CN2C(=O)C(NC(=O)C(C)N)C(C)(C)C)cc1. The largest absolute Gasteiger partial charge is 0.391 e. The molecule has 4 unspecified atom stereocenters. The molecule has 10 heteroatoms. The summed E-state index contributed by atoms with van der Waals surface area (Å²) in [4.78, 5) is 45.5. The number of hydrogen-bond donors (Lipinski definition) is 4. The van der Waals surface area contributed by atoms with Crippen molar-refractivity contribution < 1.29 is 19.5 Å². The molecular formula is C25H35N5O4S. The van der Waals surface area contributed by atoms with E-state index in [0.717, 1.165) is 21.7 Å². The van der Waals surface area contributed by atoms with E-state index < -0.39 is 41.5 Å². The summed E-state index contributed by atoms with van der Waals surface area (Å²) >= 11 is 1.58. The minimum atomic E-state index is -0.885. The third-order valence-corrected chi connectivity index (χ3v) is 7.08. The maximum absolute atomic E-state index is 13.4. The quantitative estimate of drug-likeness (QED) is 0.455. The highest BCUT2D eigenvalue weighted by Gasteiger charge is 2.44. The summed E-state index contributed by atoms with van der Waals surface area (Å²) < 4.78 is 0. The Kier molecular flexibility index (Phi) is 8.30. The number of aliphatic hydroxyl groups is 1. The van der Waals surface area contributed by atoms with E-state index in [9.17, 15) is 19.5 Å². The van der Waals surface area contributed by atoms with Crippen LogP contribution in [0.25, 0.3) is 10.4 Å². The summed E-state index contributed by atoms with van der Waals surface area (Å²) in [5.41, 5.74) is 9.83. The number of nitrogens with one attached hydrogen (secondary N) is 2. The van der Waals surface area contributed by atoms with Gasteiger partial charge in [0.1, 0.15) is 12.1 Å². The van der Waals surface area contributed by atoms with Crippen molar-refractivity contribution in [2.45, 2.75) is 71.8 Å². The van der Waals surface area contributed by atoms with E-state index >= 15 is 0 Å². The molecule has 3 rings (SSSR count). The van der Waals surface area contributed by atoms with Crippen LogP contribution in [-0.4, -0.2) is 63.5 Å².